The molecule has 2 aliphatic heterocycles. The molecule has 4 atom stereocenters. The van der Waals surface area contributed by atoms with Crippen molar-refractivity contribution in [1.82, 2.24) is 19.8 Å². The molecule has 4 unspecified atom stereocenters. The van der Waals surface area contributed by atoms with Crippen molar-refractivity contribution >= 4 is 17.7 Å². The molecule has 224 valence electrons. The topological polar surface area (TPSA) is 102 Å². The minimum atomic E-state index is -1.82. The van der Waals surface area contributed by atoms with Gasteiger partial charge in [-0.2, -0.15) is 0 Å². The van der Waals surface area contributed by atoms with E-state index in [4.69, 9.17) is 19.4 Å². The highest BCUT2D eigenvalue weighted by atomic mass is 16.5. The standard InChI is InChI=1S/C35H34N4O5/c1-43-32(41)34-23-38(21-25-13-5-3-6-14-25)24-35(31(34)40,33(42)44-2)30(28-18-10-12-20-37-28)39(22-26-15-7-4-8-16-26)29(34)27-17-9-11-19-36-27/h3-20,29-30H,21-24H2,1-2H3. The number of Topliss-reactive ketones (excluding diaryl/α,β-unsaturated/α-hetero) is 1. The predicted octanol–water partition coefficient (Wildman–Crippen LogP) is 4.18. The average molecular weight is 591 g/mol. The molecule has 2 saturated heterocycles. The number of esters is 2. The summed E-state index contributed by atoms with van der Waals surface area (Å²) < 4.78 is 11.0. The second-order valence-corrected chi connectivity index (χ2v) is 11.4. The van der Waals surface area contributed by atoms with Gasteiger partial charge in [-0.05, 0) is 35.4 Å². The maximum absolute atomic E-state index is 15.3. The fourth-order valence-corrected chi connectivity index (χ4v) is 7.19. The van der Waals surface area contributed by atoms with E-state index in [1.807, 2.05) is 94.7 Å². The Balaban J connectivity index is 1.67. The van der Waals surface area contributed by atoms with Crippen LogP contribution in [0.25, 0.3) is 0 Å². The van der Waals surface area contributed by atoms with Crippen LogP contribution in [0, 0.1) is 10.8 Å². The highest BCUT2D eigenvalue weighted by Crippen LogP contribution is 2.61. The van der Waals surface area contributed by atoms with E-state index in [0.29, 0.717) is 24.5 Å². The van der Waals surface area contributed by atoms with Gasteiger partial charge < -0.3 is 9.47 Å². The Hall–Kier alpha value is -4.73. The normalized spacial score (nSPS) is 25.3. The molecule has 2 aliphatic rings. The van der Waals surface area contributed by atoms with Crippen molar-refractivity contribution < 1.29 is 23.9 Å². The van der Waals surface area contributed by atoms with Gasteiger partial charge in [0.15, 0.2) is 16.6 Å². The number of piperidine rings is 2. The molecule has 0 N–H and O–H groups in total. The number of ketones is 1. The molecule has 9 nitrogen and oxygen atoms in total. The number of fused-ring (bicyclic) bond motifs is 2. The Morgan fingerprint density at radius 2 is 1.11 bits per heavy atom. The Labute approximate surface area is 256 Å². The molecular formula is C35H34N4O5. The molecule has 0 amide bonds. The van der Waals surface area contributed by atoms with Crippen LogP contribution in [-0.4, -0.2) is 64.8 Å². The van der Waals surface area contributed by atoms with Crippen LogP contribution in [0.15, 0.2) is 109 Å². The lowest BCUT2D eigenvalue weighted by Crippen LogP contribution is -2.75. The molecule has 0 saturated carbocycles. The number of nitrogens with zero attached hydrogens (tertiary/aromatic N) is 4. The predicted molar refractivity (Wildman–Crippen MR) is 162 cm³/mol. The summed E-state index contributed by atoms with van der Waals surface area (Å²) in [5, 5.41) is 0. The molecule has 44 heavy (non-hydrogen) atoms. The zero-order valence-electron chi connectivity index (χ0n) is 24.7. The third kappa shape index (κ3) is 4.78. The number of likely N-dealkylation sites (tertiary alicyclic amines) is 2. The zero-order chi connectivity index (χ0) is 30.7. The van der Waals surface area contributed by atoms with E-state index in [2.05, 4.69) is 0 Å². The molecular weight excluding hydrogens is 556 g/mol. The van der Waals surface area contributed by atoms with Gasteiger partial charge in [0.05, 0.1) is 37.7 Å². The van der Waals surface area contributed by atoms with Crippen LogP contribution in [0.5, 0.6) is 0 Å². The van der Waals surface area contributed by atoms with Crippen molar-refractivity contribution in [1.29, 1.82) is 0 Å². The Kier molecular flexibility index (Phi) is 8.07. The van der Waals surface area contributed by atoms with Gasteiger partial charge in [0.25, 0.3) is 0 Å². The van der Waals surface area contributed by atoms with Gasteiger partial charge in [-0.25, -0.2) is 0 Å². The first-order valence-electron chi connectivity index (χ1n) is 14.5. The Morgan fingerprint density at radius 3 is 1.52 bits per heavy atom. The molecule has 4 aromatic rings. The molecule has 2 bridgehead atoms. The zero-order valence-corrected chi connectivity index (χ0v) is 24.7. The van der Waals surface area contributed by atoms with Gasteiger partial charge in [-0.15, -0.1) is 0 Å². The fourth-order valence-electron chi connectivity index (χ4n) is 7.19. The third-order valence-electron chi connectivity index (χ3n) is 8.85. The maximum Gasteiger partial charge on any atom is 0.322 e. The lowest BCUT2D eigenvalue weighted by Gasteiger charge is -2.61. The molecule has 2 fully saturated rings. The van der Waals surface area contributed by atoms with Crippen LogP contribution in [0.1, 0.15) is 34.6 Å². The van der Waals surface area contributed by atoms with Gasteiger partial charge >= 0.3 is 11.9 Å². The van der Waals surface area contributed by atoms with Gasteiger partial charge in [-0.3, -0.25) is 34.2 Å². The Bertz CT molecular complexity index is 1540. The SMILES string of the molecule is COC(=O)C12CN(Cc3ccccc3)CC(C(=O)OC)(C1=O)C(c1ccccn1)N(Cc1ccccc1)C2c1ccccn1. The first-order valence-corrected chi connectivity index (χ1v) is 14.5. The quantitative estimate of drug-likeness (QED) is 0.221. The Morgan fingerprint density at radius 1 is 0.682 bits per heavy atom. The summed E-state index contributed by atoms with van der Waals surface area (Å²) in [7, 11) is 2.56. The second-order valence-electron chi connectivity index (χ2n) is 11.4. The fraction of sp³-hybridized carbons (Fsp3) is 0.286. The van der Waals surface area contributed by atoms with Crippen molar-refractivity contribution in [2.75, 3.05) is 27.3 Å². The monoisotopic (exact) mass is 590 g/mol. The van der Waals surface area contributed by atoms with E-state index < -0.39 is 40.6 Å². The number of ether oxygens (including phenoxy) is 2. The van der Waals surface area contributed by atoms with Gasteiger partial charge in [0.2, 0.25) is 0 Å². The van der Waals surface area contributed by atoms with Gasteiger partial charge in [-0.1, -0.05) is 72.8 Å². The summed E-state index contributed by atoms with van der Waals surface area (Å²) in [6.45, 7) is 0.738. The first kappa shape index (κ1) is 29.3. The van der Waals surface area contributed by atoms with Crippen molar-refractivity contribution in [2.45, 2.75) is 25.2 Å². The number of pyridine rings is 2. The van der Waals surface area contributed by atoms with Crippen LogP contribution in [0.2, 0.25) is 0 Å². The van der Waals surface area contributed by atoms with Crippen LogP contribution in [-0.2, 0) is 36.9 Å². The van der Waals surface area contributed by atoms with Gasteiger partial charge in [0, 0.05) is 38.6 Å². The number of aromatic nitrogens is 2. The van der Waals surface area contributed by atoms with Crippen LogP contribution < -0.4 is 0 Å². The van der Waals surface area contributed by atoms with E-state index >= 15 is 4.79 Å². The molecule has 9 heteroatoms. The van der Waals surface area contributed by atoms with Crippen molar-refractivity contribution in [2.24, 2.45) is 10.8 Å². The molecule has 2 aromatic carbocycles. The number of rotatable bonds is 8. The van der Waals surface area contributed by atoms with Crippen LogP contribution in [0.3, 0.4) is 0 Å². The lowest BCUT2D eigenvalue weighted by atomic mass is 9.54. The summed E-state index contributed by atoms with van der Waals surface area (Å²) >= 11 is 0. The number of carbonyl (C=O) groups is 3. The van der Waals surface area contributed by atoms with E-state index in [1.165, 1.54) is 14.2 Å². The molecule has 0 radical (unpaired) electrons. The highest BCUT2D eigenvalue weighted by molar-refractivity contribution is 6.17. The summed E-state index contributed by atoms with van der Waals surface area (Å²) in [6.07, 6.45) is 3.29. The second kappa shape index (κ2) is 12.1. The summed E-state index contributed by atoms with van der Waals surface area (Å²) in [5.74, 6) is -1.98. The summed E-state index contributed by atoms with van der Waals surface area (Å²) in [6, 6.07) is 28.6. The number of carbonyl (C=O) groups excluding carboxylic acids is 3. The number of hydrogen-bond acceptors (Lipinski definition) is 9. The number of benzene rings is 2. The van der Waals surface area contributed by atoms with Crippen molar-refractivity contribution in [3.63, 3.8) is 0 Å². The molecule has 4 heterocycles. The van der Waals surface area contributed by atoms with Crippen LogP contribution in [0.4, 0.5) is 0 Å². The largest absolute Gasteiger partial charge is 0.468 e. The summed E-state index contributed by atoms with van der Waals surface area (Å²) in [5.41, 5.74) is -0.687. The lowest BCUT2D eigenvalue weighted by molar-refractivity contribution is -0.207. The molecule has 0 spiro atoms. The van der Waals surface area contributed by atoms with E-state index in [9.17, 15) is 9.59 Å². The van der Waals surface area contributed by atoms with E-state index in [-0.39, 0.29) is 13.1 Å². The minimum absolute atomic E-state index is 0.0214. The average Bonchev–Trinajstić information content (AvgIpc) is 3.07. The van der Waals surface area contributed by atoms with Crippen molar-refractivity contribution in [3.8, 4) is 0 Å². The highest BCUT2D eigenvalue weighted by Gasteiger charge is 2.75. The smallest absolute Gasteiger partial charge is 0.322 e. The van der Waals surface area contributed by atoms with E-state index in [1.54, 1.807) is 24.5 Å². The molecule has 2 aromatic heterocycles. The molecule has 6 rings (SSSR count). The van der Waals surface area contributed by atoms with Gasteiger partial charge in [0.1, 0.15) is 0 Å². The number of hydrogen-bond donors (Lipinski definition) is 0. The maximum atomic E-state index is 15.3. The summed E-state index contributed by atoms with van der Waals surface area (Å²) in [4.78, 5) is 57.3. The first-order chi connectivity index (χ1) is 21.5. The van der Waals surface area contributed by atoms with Crippen molar-refractivity contribution in [3.05, 3.63) is 132 Å². The van der Waals surface area contributed by atoms with Crippen LogP contribution >= 0.6 is 0 Å². The third-order valence-corrected chi connectivity index (χ3v) is 8.85. The minimum Gasteiger partial charge on any atom is -0.468 e. The molecule has 0 aliphatic carbocycles. The number of methoxy groups -OCH3 is 2. The van der Waals surface area contributed by atoms with E-state index in [0.717, 1.165) is 11.1 Å².